The molecule has 0 aliphatic heterocycles. The van der Waals surface area contributed by atoms with Crippen molar-refractivity contribution in [1.82, 2.24) is 19.6 Å². The molecule has 0 fully saturated rings. The average molecular weight is 305 g/mol. The highest BCUT2D eigenvalue weighted by Gasteiger charge is 2.15. The van der Waals surface area contributed by atoms with E-state index in [0.29, 0.717) is 22.5 Å². The molecule has 0 bridgehead atoms. The zero-order valence-electron chi connectivity index (χ0n) is 11.2. The Morgan fingerprint density at radius 1 is 1.29 bits per heavy atom. The first-order valence-corrected chi connectivity index (χ1v) is 6.30. The second kappa shape index (κ2) is 4.70. The molecule has 0 saturated carbocycles. The van der Waals surface area contributed by atoms with E-state index in [-0.39, 0.29) is 16.5 Å². The van der Waals surface area contributed by atoms with Crippen molar-refractivity contribution in [1.29, 1.82) is 0 Å². The first-order chi connectivity index (χ1) is 10.0. The molecule has 0 spiro atoms. The number of nitrogens with zero attached hydrogens (tertiary/aromatic N) is 3. The number of nitrogens with two attached hydrogens (primary N) is 1. The Kier molecular flexibility index (Phi) is 2.98. The number of ether oxygens (including phenoxy) is 2. The van der Waals surface area contributed by atoms with Crippen molar-refractivity contribution in [2.24, 2.45) is 5.73 Å². The zero-order valence-corrected chi connectivity index (χ0v) is 12.0. The van der Waals surface area contributed by atoms with Crippen LogP contribution in [0.25, 0.3) is 16.8 Å². The van der Waals surface area contributed by atoms with Gasteiger partial charge in [-0.3, -0.25) is 9.89 Å². The minimum Gasteiger partial charge on any atom is -0.493 e. The van der Waals surface area contributed by atoms with E-state index in [9.17, 15) is 4.79 Å². The molecule has 1 aromatic carbocycles. The van der Waals surface area contributed by atoms with Crippen LogP contribution in [-0.4, -0.2) is 38.8 Å². The van der Waals surface area contributed by atoms with E-state index in [1.54, 1.807) is 12.1 Å². The van der Waals surface area contributed by atoms with Gasteiger partial charge in [0.05, 0.1) is 25.3 Å². The van der Waals surface area contributed by atoms with Crippen LogP contribution in [0.3, 0.4) is 0 Å². The van der Waals surface area contributed by atoms with Crippen molar-refractivity contribution in [3.63, 3.8) is 0 Å². The summed E-state index contributed by atoms with van der Waals surface area (Å²) in [5.74, 6) is 1.33. The van der Waals surface area contributed by atoms with Gasteiger partial charge in [-0.15, -0.1) is 0 Å². The van der Waals surface area contributed by atoms with Crippen LogP contribution >= 0.6 is 12.2 Å². The lowest BCUT2D eigenvalue weighted by Crippen LogP contribution is -2.26. The normalized spacial score (nSPS) is 11.0. The van der Waals surface area contributed by atoms with E-state index in [4.69, 9.17) is 27.4 Å². The SMILES string of the molecule is COc1cc2nc3nc(C(N)=S)c(=O)[nH]n3c2cc1OC. The van der Waals surface area contributed by atoms with E-state index in [1.165, 1.54) is 18.7 Å². The van der Waals surface area contributed by atoms with Crippen LogP contribution < -0.4 is 20.8 Å². The first-order valence-electron chi connectivity index (χ1n) is 5.89. The number of hydrogen-bond acceptors (Lipinski definition) is 6. The summed E-state index contributed by atoms with van der Waals surface area (Å²) in [6.45, 7) is 0. The molecule has 3 N–H and O–H groups in total. The Balaban J connectivity index is 2.40. The van der Waals surface area contributed by atoms with Gasteiger partial charge in [-0.25, -0.2) is 14.5 Å². The van der Waals surface area contributed by atoms with Gasteiger partial charge < -0.3 is 15.2 Å². The number of H-pyrrole nitrogens is 1. The molecule has 21 heavy (non-hydrogen) atoms. The lowest BCUT2D eigenvalue weighted by molar-refractivity contribution is 0.355. The molecule has 3 rings (SSSR count). The molecule has 0 aliphatic rings. The van der Waals surface area contributed by atoms with Gasteiger partial charge in [-0.1, -0.05) is 12.2 Å². The van der Waals surface area contributed by atoms with Gasteiger partial charge in [0.25, 0.3) is 11.3 Å². The van der Waals surface area contributed by atoms with Crippen LogP contribution in [0, 0.1) is 0 Å². The van der Waals surface area contributed by atoms with E-state index in [2.05, 4.69) is 15.1 Å². The summed E-state index contributed by atoms with van der Waals surface area (Å²) in [5.41, 5.74) is 6.18. The van der Waals surface area contributed by atoms with Gasteiger partial charge in [0.15, 0.2) is 17.2 Å². The summed E-state index contributed by atoms with van der Waals surface area (Å²) >= 11 is 4.79. The quantitative estimate of drug-likeness (QED) is 0.666. The fraction of sp³-hybridized carbons (Fsp3) is 0.167. The fourth-order valence-corrected chi connectivity index (χ4v) is 2.19. The molecule has 2 aromatic heterocycles. The van der Waals surface area contributed by atoms with Crippen molar-refractivity contribution in [2.75, 3.05) is 14.2 Å². The summed E-state index contributed by atoms with van der Waals surface area (Å²) in [6, 6.07) is 3.40. The second-order valence-electron chi connectivity index (χ2n) is 4.21. The van der Waals surface area contributed by atoms with Crippen LogP contribution in [-0.2, 0) is 0 Å². The smallest absolute Gasteiger partial charge is 0.291 e. The van der Waals surface area contributed by atoms with Crippen molar-refractivity contribution < 1.29 is 9.47 Å². The Morgan fingerprint density at radius 3 is 2.57 bits per heavy atom. The number of aromatic amines is 1. The highest BCUT2D eigenvalue weighted by atomic mass is 32.1. The number of hydrogen-bond donors (Lipinski definition) is 2. The molecule has 0 saturated heterocycles. The molecule has 9 heteroatoms. The average Bonchev–Trinajstić information content (AvgIpc) is 2.81. The largest absolute Gasteiger partial charge is 0.493 e. The van der Waals surface area contributed by atoms with Gasteiger partial charge in [-0.05, 0) is 0 Å². The van der Waals surface area contributed by atoms with E-state index in [1.807, 2.05) is 0 Å². The van der Waals surface area contributed by atoms with Gasteiger partial charge in [0.1, 0.15) is 4.99 Å². The highest BCUT2D eigenvalue weighted by Crippen LogP contribution is 2.31. The van der Waals surface area contributed by atoms with Gasteiger partial charge >= 0.3 is 0 Å². The standard InChI is InChI=1S/C12H11N5O3S/c1-19-7-3-5-6(4-8(7)20-2)17-12(14-5)15-9(10(13)21)11(18)16-17/h3-4H,1-2H3,(H2,13,21)(H,16,18). The van der Waals surface area contributed by atoms with Crippen LogP contribution in [0.5, 0.6) is 11.5 Å². The number of benzene rings is 1. The molecule has 8 nitrogen and oxygen atoms in total. The van der Waals surface area contributed by atoms with Crippen LogP contribution in [0.2, 0.25) is 0 Å². The lowest BCUT2D eigenvalue weighted by Gasteiger charge is -2.06. The van der Waals surface area contributed by atoms with Gasteiger partial charge in [0, 0.05) is 12.1 Å². The molecule has 2 heterocycles. The van der Waals surface area contributed by atoms with Crippen molar-refractivity contribution >= 4 is 34.0 Å². The third-order valence-corrected chi connectivity index (χ3v) is 3.21. The highest BCUT2D eigenvalue weighted by molar-refractivity contribution is 7.80. The molecule has 0 radical (unpaired) electrons. The third-order valence-electron chi connectivity index (χ3n) is 3.02. The summed E-state index contributed by atoms with van der Waals surface area (Å²) in [7, 11) is 3.06. The number of imidazole rings is 1. The third kappa shape index (κ3) is 1.98. The molecule has 3 aromatic rings. The Hall–Kier alpha value is -2.68. The van der Waals surface area contributed by atoms with E-state index in [0.717, 1.165) is 0 Å². The zero-order chi connectivity index (χ0) is 15.1. The van der Waals surface area contributed by atoms with Crippen molar-refractivity contribution in [3.8, 4) is 11.5 Å². The lowest BCUT2D eigenvalue weighted by atomic mass is 10.3. The molecule has 0 unspecified atom stereocenters. The maximum absolute atomic E-state index is 11.9. The second-order valence-corrected chi connectivity index (χ2v) is 4.65. The monoisotopic (exact) mass is 305 g/mol. The van der Waals surface area contributed by atoms with Crippen molar-refractivity contribution in [3.05, 3.63) is 28.2 Å². The van der Waals surface area contributed by atoms with Crippen LogP contribution in [0.15, 0.2) is 16.9 Å². The van der Waals surface area contributed by atoms with Crippen LogP contribution in [0.1, 0.15) is 5.69 Å². The Morgan fingerprint density at radius 2 is 1.95 bits per heavy atom. The minimum absolute atomic E-state index is 0.0215. The number of aromatic nitrogens is 4. The maximum Gasteiger partial charge on any atom is 0.291 e. The molecule has 0 aliphatic carbocycles. The predicted octanol–water partition coefficient (Wildman–Crippen LogP) is 0.222. The minimum atomic E-state index is -0.482. The topological polar surface area (TPSA) is 108 Å². The maximum atomic E-state index is 11.9. The molecule has 0 amide bonds. The number of thiocarbonyl (C=S) groups is 1. The first kappa shape index (κ1) is 13.3. The summed E-state index contributed by atoms with van der Waals surface area (Å²) in [5, 5.41) is 2.62. The Labute approximate surface area is 123 Å². The van der Waals surface area contributed by atoms with E-state index < -0.39 is 5.56 Å². The fourth-order valence-electron chi connectivity index (χ4n) is 2.05. The predicted molar refractivity (Wildman–Crippen MR) is 80.1 cm³/mol. The number of fused-ring (bicyclic) bond motifs is 3. The molecular formula is C12H11N5O3S. The van der Waals surface area contributed by atoms with Crippen molar-refractivity contribution in [2.45, 2.75) is 0 Å². The van der Waals surface area contributed by atoms with E-state index >= 15 is 0 Å². The Bertz CT molecular complexity index is 930. The number of rotatable bonds is 3. The summed E-state index contributed by atoms with van der Waals surface area (Å²) < 4.78 is 11.9. The number of methoxy groups -OCH3 is 2. The number of nitrogens with one attached hydrogen (secondary N) is 1. The molecule has 0 atom stereocenters. The molecule has 108 valence electrons. The van der Waals surface area contributed by atoms with Gasteiger partial charge in [0.2, 0.25) is 0 Å². The van der Waals surface area contributed by atoms with Crippen LogP contribution in [0.4, 0.5) is 0 Å². The van der Waals surface area contributed by atoms with Gasteiger partial charge in [-0.2, -0.15) is 0 Å². The summed E-state index contributed by atoms with van der Waals surface area (Å²) in [4.78, 5) is 20.2. The molecular weight excluding hydrogens is 294 g/mol. The summed E-state index contributed by atoms with van der Waals surface area (Å²) in [6.07, 6.45) is 0.